The molecule has 0 saturated carbocycles. The fourth-order valence-electron chi connectivity index (χ4n) is 1.45. The molecule has 1 aliphatic heterocycles. The highest BCUT2D eigenvalue weighted by Gasteiger charge is 2.22. The van der Waals surface area contributed by atoms with Gasteiger partial charge in [-0.05, 0) is 28.1 Å². The summed E-state index contributed by atoms with van der Waals surface area (Å²) in [5.41, 5.74) is 6.30. The summed E-state index contributed by atoms with van der Waals surface area (Å²) >= 11 is 2.81. The van der Waals surface area contributed by atoms with Gasteiger partial charge in [0.05, 0.1) is 10.2 Å². The molecule has 0 bridgehead atoms. The largest absolute Gasteiger partial charge is 0.390 e. The molecule has 0 aromatic heterocycles. The average Bonchev–Trinajstić information content (AvgIpc) is 2.73. The normalized spacial score (nSPS) is 19.5. The molecular weight excluding hydrogens is 282 g/mol. The van der Waals surface area contributed by atoms with Gasteiger partial charge in [-0.25, -0.2) is 8.78 Å². The molecule has 1 aliphatic rings. The third-order valence-corrected chi connectivity index (χ3v) is 3.07. The second-order valence-electron chi connectivity index (χ2n) is 3.46. The summed E-state index contributed by atoms with van der Waals surface area (Å²) in [4.78, 5) is 4.99. The third kappa shape index (κ3) is 2.08. The minimum atomic E-state index is -0.658. The fourth-order valence-corrected chi connectivity index (χ4v) is 1.68. The van der Waals surface area contributed by atoms with Crippen molar-refractivity contribution in [3.63, 3.8) is 0 Å². The Hall–Kier alpha value is -1.01. The van der Waals surface area contributed by atoms with Gasteiger partial charge in [-0.15, -0.1) is 0 Å². The van der Waals surface area contributed by atoms with E-state index in [0.717, 1.165) is 0 Å². The van der Waals surface area contributed by atoms with Gasteiger partial charge in [-0.2, -0.15) is 0 Å². The third-order valence-electron chi connectivity index (χ3n) is 2.31. The molecule has 16 heavy (non-hydrogen) atoms. The van der Waals surface area contributed by atoms with Crippen LogP contribution in [0.25, 0.3) is 0 Å². The van der Waals surface area contributed by atoms with Crippen LogP contribution >= 0.6 is 15.9 Å². The number of benzene rings is 1. The van der Waals surface area contributed by atoms with Crippen LogP contribution in [0.1, 0.15) is 12.0 Å². The zero-order valence-electron chi connectivity index (χ0n) is 8.21. The molecule has 2 N–H and O–H groups in total. The molecule has 1 heterocycles. The van der Waals surface area contributed by atoms with E-state index in [4.69, 9.17) is 10.6 Å². The first-order valence-electron chi connectivity index (χ1n) is 4.69. The molecule has 3 nitrogen and oxygen atoms in total. The number of rotatable bonds is 2. The maximum absolute atomic E-state index is 13.3. The van der Waals surface area contributed by atoms with Gasteiger partial charge in [0.25, 0.3) is 0 Å². The lowest BCUT2D eigenvalue weighted by Crippen LogP contribution is -2.20. The van der Waals surface area contributed by atoms with Crippen molar-refractivity contribution in [3.05, 3.63) is 33.8 Å². The molecule has 0 radical (unpaired) electrons. The van der Waals surface area contributed by atoms with Crippen LogP contribution in [0, 0.1) is 11.6 Å². The molecule has 0 saturated heterocycles. The lowest BCUT2D eigenvalue weighted by atomic mass is 10.0. The van der Waals surface area contributed by atoms with E-state index in [9.17, 15) is 8.78 Å². The van der Waals surface area contributed by atoms with Crippen LogP contribution < -0.4 is 5.73 Å². The van der Waals surface area contributed by atoms with Crippen LogP contribution in [0.2, 0.25) is 0 Å². The zero-order valence-corrected chi connectivity index (χ0v) is 9.80. The van der Waals surface area contributed by atoms with Gasteiger partial charge in [0.1, 0.15) is 17.7 Å². The molecule has 1 atom stereocenters. The van der Waals surface area contributed by atoms with Gasteiger partial charge in [-0.3, -0.25) is 0 Å². The Balaban J connectivity index is 2.29. The Morgan fingerprint density at radius 3 is 2.56 bits per heavy atom. The smallest absolute Gasteiger partial charge is 0.145 e. The van der Waals surface area contributed by atoms with Crippen molar-refractivity contribution < 1.29 is 13.6 Å². The predicted octanol–water partition coefficient (Wildman–Crippen LogP) is 2.18. The van der Waals surface area contributed by atoms with E-state index in [1.165, 1.54) is 12.1 Å². The lowest BCUT2D eigenvalue weighted by molar-refractivity contribution is 0.0918. The first-order chi connectivity index (χ1) is 7.61. The predicted molar refractivity (Wildman–Crippen MR) is 59.1 cm³/mol. The van der Waals surface area contributed by atoms with Crippen molar-refractivity contribution in [3.8, 4) is 0 Å². The minimum Gasteiger partial charge on any atom is -0.390 e. The van der Waals surface area contributed by atoms with Gasteiger partial charge in [0.15, 0.2) is 0 Å². The van der Waals surface area contributed by atoms with Crippen LogP contribution in [0.3, 0.4) is 0 Å². The van der Waals surface area contributed by atoms with Crippen molar-refractivity contribution in [2.45, 2.75) is 12.5 Å². The Labute approximate surface area is 99.4 Å². The van der Waals surface area contributed by atoms with Crippen LogP contribution in [-0.4, -0.2) is 18.4 Å². The number of nitrogens with two attached hydrogens (primary N) is 1. The average molecular weight is 291 g/mol. The standard InChI is InChI=1S/C10H9BrF2N2O/c11-10-7(12)1-5(2-8(10)13)9-3-6(4-14)16-15-9/h1-2,6H,3-4,14H2/t6-/m1/s1. The molecule has 0 fully saturated rings. The molecule has 86 valence electrons. The molecule has 0 aliphatic carbocycles. The summed E-state index contributed by atoms with van der Waals surface area (Å²) in [5, 5.41) is 3.76. The van der Waals surface area contributed by atoms with Gasteiger partial charge >= 0.3 is 0 Å². The minimum absolute atomic E-state index is 0.175. The summed E-state index contributed by atoms with van der Waals surface area (Å²) in [5.74, 6) is -1.32. The number of hydrogen-bond donors (Lipinski definition) is 1. The van der Waals surface area contributed by atoms with Gasteiger partial charge in [0, 0.05) is 18.5 Å². The van der Waals surface area contributed by atoms with Crippen LogP contribution in [0.4, 0.5) is 8.78 Å². The Morgan fingerprint density at radius 2 is 2.06 bits per heavy atom. The summed E-state index contributed by atoms with van der Waals surface area (Å²) in [6.07, 6.45) is 0.265. The molecule has 6 heteroatoms. The van der Waals surface area contributed by atoms with E-state index in [1.807, 2.05) is 0 Å². The van der Waals surface area contributed by atoms with Crippen LogP contribution in [0.5, 0.6) is 0 Å². The second kappa shape index (κ2) is 4.47. The topological polar surface area (TPSA) is 47.6 Å². The lowest BCUT2D eigenvalue weighted by Gasteiger charge is -2.03. The van der Waals surface area contributed by atoms with Crippen molar-refractivity contribution in [1.29, 1.82) is 0 Å². The molecule has 1 aromatic rings. The molecule has 0 unspecified atom stereocenters. The zero-order chi connectivity index (χ0) is 11.7. The number of hydrogen-bond acceptors (Lipinski definition) is 3. The molecule has 1 aromatic carbocycles. The molecule has 0 spiro atoms. The van der Waals surface area contributed by atoms with Gasteiger partial charge < -0.3 is 10.6 Å². The van der Waals surface area contributed by atoms with E-state index in [2.05, 4.69) is 21.1 Å². The van der Waals surface area contributed by atoms with E-state index >= 15 is 0 Å². The van der Waals surface area contributed by atoms with Crippen molar-refractivity contribution in [2.24, 2.45) is 10.9 Å². The number of halogens is 3. The Morgan fingerprint density at radius 1 is 1.44 bits per heavy atom. The van der Waals surface area contributed by atoms with Crippen molar-refractivity contribution in [1.82, 2.24) is 0 Å². The van der Waals surface area contributed by atoms with E-state index in [-0.39, 0.29) is 10.6 Å². The summed E-state index contributed by atoms with van der Waals surface area (Å²) in [6.45, 7) is 0.328. The van der Waals surface area contributed by atoms with Gasteiger partial charge in [-0.1, -0.05) is 5.16 Å². The Kier molecular flexibility index (Phi) is 3.20. The van der Waals surface area contributed by atoms with Crippen LogP contribution in [-0.2, 0) is 4.84 Å². The quantitative estimate of drug-likeness (QED) is 0.849. The van der Waals surface area contributed by atoms with Gasteiger partial charge in [0.2, 0.25) is 0 Å². The van der Waals surface area contributed by atoms with E-state index in [1.54, 1.807) is 0 Å². The van der Waals surface area contributed by atoms with Crippen molar-refractivity contribution in [2.75, 3.05) is 6.54 Å². The summed E-state index contributed by atoms with van der Waals surface area (Å²) < 4.78 is 26.4. The molecule has 0 amide bonds. The maximum Gasteiger partial charge on any atom is 0.145 e. The number of nitrogens with zero attached hydrogens (tertiary/aromatic N) is 1. The highest BCUT2D eigenvalue weighted by Crippen LogP contribution is 2.24. The maximum atomic E-state index is 13.3. The number of oxime groups is 1. The molecule has 2 rings (SSSR count). The summed E-state index contributed by atoms with van der Waals surface area (Å²) in [7, 11) is 0. The Bertz CT molecular complexity index is 427. The highest BCUT2D eigenvalue weighted by atomic mass is 79.9. The first-order valence-corrected chi connectivity index (χ1v) is 5.48. The SMILES string of the molecule is NC[C@H]1CC(c2cc(F)c(Br)c(F)c2)=NO1. The highest BCUT2D eigenvalue weighted by molar-refractivity contribution is 9.10. The van der Waals surface area contributed by atoms with E-state index in [0.29, 0.717) is 24.2 Å². The van der Waals surface area contributed by atoms with Crippen molar-refractivity contribution >= 4 is 21.6 Å². The first kappa shape index (κ1) is 11.5. The van der Waals surface area contributed by atoms with Crippen LogP contribution in [0.15, 0.2) is 21.8 Å². The summed E-state index contributed by atoms with van der Waals surface area (Å²) in [6, 6.07) is 2.43. The van der Waals surface area contributed by atoms with E-state index < -0.39 is 11.6 Å². The fraction of sp³-hybridized carbons (Fsp3) is 0.300. The monoisotopic (exact) mass is 290 g/mol. The second-order valence-corrected chi connectivity index (χ2v) is 4.25. The molecular formula is C10H9BrF2N2O.